The minimum absolute atomic E-state index is 0.0154. The molecule has 2 aliphatic heterocycles. The average Bonchev–Trinajstić information content (AvgIpc) is 2.99. The summed E-state index contributed by atoms with van der Waals surface area (Å²) in [4.78, 5) is 30.1. The van der Waals surface area contributed by atoms with E-state index >= 15 is 0 Å². The van der Waals surface area contributed by atoms with Gasteiger partial charge in [-0.2, -0.15) is 26.3 Å². The number of alkyl halides is 6. The average molecular weight is 664 g/mol. The zero-order valence-electron chi connectivity index (χ0n) is 24.9. The van der Waals surface area contributed by atoms with Gasteiger partial charge in [0, 0.05) is 51.5 Å². The predicted octanol–water partition coefficient (Wildman–Crippen LogP) is 6.28. The third kappa shape index (κ3) is 8.16. The second kappa shape index (κ2) is 13.7. The fraction of sp³-hybridized carbons (Fsp3) is 0.548. The molecule has 2 aliphatic rings. The molecule has 0 aromatic heterocycles. The van der Waals surface area contributed by atoms with E-state index in [0.717, 1.165) is 61.1 Å². The van der Waals surface area contributed by atoms with Crippen molar-refractivity contribution < 1.29 is 45.8 Å². The van der Waals surface area contributed by atoms with Crippen LogP contribution < -0.4 is 9.64 Å². The summed E-state index contributed by atoms with van der Waals surface area (Å²) in [6.07, 6.45) is -6.57. The Balaban J connectivity index is 1.32. The third-order valence-electron chi connectivity index (χ3n) is 8.51. The number of carbonyl (C=O) groups is 2. The van der Waals surface area contributed by atoms with Crippen molar-refractivity contribution in [2.75, 3.05) is 51.8 Å². The normalized spacial score (nSPS) is 18.4. The Labute approximate surface area is 262 Å². The molecule has 2 saturated heterocycles. The van der Waals surface area contributed by atoms with Crippen LogP contribution in [0.15, 0.2) is 42.5 Å². The smallest absolute Gasteiger partial charge is 0.430 e. The first-order chi connectivity index (χ1) is 21.0. The molecule has 0 spiro atoms. The number of rotatable bonds is 8. The van der Waals surface area contributed by atoms with Gasteiger partial charge in [-0.15, -0.1) is 0 Å². The number of likely N-dealkylation sites (tertiary alicyclic amines) is 1. The number of piperidine rings is 2. The van der Waals surface area contributed by atoms with E-state index < -0.39 is 41.8 Å². The summed E-state index contributed by atoms with van der Waals surface area (Å²) in [5, 5.41) is 11.2. The number of amides is 2. The first kappa shape index (κ1) is 34.7. The lowest BCUT2D eigenvalue weighted by Crippen LogP contribution is -2.57. The van der Waals surface area contributed by atoms with Gasteiger partial charge in [0.05, 0.1) is 10.6 Å². The molecule has 0 radical (unpaired) electrons. The van der Waals surface area contributed by atoms with Gasteiger partial charge < -0.3 is 24.5 Å². The van der Waals surface area contributed by atoms with Gasteiger partial charge in [-0.3, -0.25) is 9.59 Å². The Kier molecular flexibility index (Phi) is 10.5. The lowest BCUT2D eigenvalue weighted by Gasteiger charge is -2.40. The van der Waals surface area contributed by atoms with E-state index in [1.165, 1.54) is 4.90 Å². The first-order valence-electron chi connectivity index (χ1n) is 14.6. The van der Waals surface area contributed by atoms with E-state index in [1.54, 1.807) is 26.2 Å². The number of hydrogen-bond acceptors (Lipinski definition) is 5. The van der Waals surface area contributed by atoms with Crippen LogP contribution in [-0.2, 0) is 10.4 Å². The lowest BCUT2D eigenvalue weighted by molar-refractivity contribution is -0.262. The molecule has 2 amide bonds. The molecule has 2 aromatic rings. The molecule has 0 aliphatic carbocycles. The van der Waals surface area contributed by atoms with Gasteiger partial charge in [0.1, 0.15) is 5.75 Å². The highest BCUT2D eigenvalue weighted by Crippen LogP contribution is 2.43. The second-order valence-corrected chi connectivity index (χ2v) is 12.3. The number of nitrogens with zero attached hydrogens (tertiary/aromatic N) is 3. The minimum Gasteiger partial charge on any atom is -0.484 e. The van der Waals surface area contributed by atoms with Crippen molar-refractivity contribution >= 4 is 29.1 Å². The molecule has 4 rings (SSSR count). The van der Waals surface area contributed by atoms with Gasteiger partial charge in [0.2, 0.25) is 0 Å². The number of hydrogen-bond donors (Lipinski definition) is 1. The van der Waals surface area contributed by atoms with Gasteiger partial charge in [-0.05, 0) is 74.3 Å². The van der Waals surface area contributed by atoms with Gasteiger partial charge in [0.25, 0.3) is 17.4 Å². The van der Waals surface area contributed by atoms with Gasteiger partial charge in [-0.1, -0.05) is 23.7 Å². The first-order valence-corrected chi connectivity index (χ1v) is 15.0. The number of benzene rings is 2. The molecule has 14 heteroatoms. The van der Waals surface area contributed by atoms with Crippen molar-refractivity contribution in [3.05, 3.63) is 58.6 Å². The molecule has 0 bridgehead atoms. The van der Waals surface area contributed by atoms with Crippen LogP contribution in [0, 0.1) is 11.8 Å². The van der Waals surface area contributed by atoms with Crippen LogP contribution in [0.3, 0.4) is 0 Å². The van der Waals surface area contributed by atoms with Crippen LogP contribution in [0.2, 0.25) is 5.02 Å². The largest absolute Gasteiger partial charge is 0.484 e. The van der Waals surface area contributed by atoms with E-state index in [0.29, 0.717) is 35.4 Å². The molecule has 248 valence electrons. The van der Waals surface area contributed by atoms with Crippen LogP contribution in [0.5, 0.6) is 5.75 Å². The Hall–Kier alpha value is -3.19. The SMILES string of the molecule is CN(C)C(=O)c1ccc(N2CCC(CC3CCN(C(=O)[C@](O)(c4cccc(OCC(F)(F)F)c4)C(F)(F)F)CC3)CC2)cc1Cl. The molecular formula is C31H36ClF6N3O4. The van der Waals surface area contributed by atoms with Crippen LogP contribution in [0.25, 0.3) is 0 Å². The summed E-state index contributed by atoms with van der Waals surface area (Å²) in [5.74, 6) is -1.71. The van der Waals surface area contributed by atoms with E-state index in [2.05, 4.69) is 9.64 Å². The Morgan fingerprint density at radius 1 is 0.933 bits per heavy atom. The van der Waals surface area contributed by atoms with Gasteiger partial charge in [0.15, 0.2) is 6.61 Å². The molecule has 1 N–H and O–H groups in total. The monoisotopic (exact) mass is 663 g/mol. The number of halogens is 7. The quantitative estimate of drug-likeness (QED) is 0.337. The maximum Gasteiger partial charge on any atom is 0.430 e. The highest BCUT2D eigenvalue weighted by molar-refractivity contribution is 6.34. The summed E-state index contributed by atoms with van der Waals surface area (Å²) in [6, 6.07) is 8.87. The summed E-state index contributed by atoms with van der Waals surface area (Å²) < 4.78 is 84.8. The summed E-state index contributed by atoms with van der Waals surface area (Å²) in [5.41, 5.74) is -3.49. The number of carbonyl (C=O) groups excluding carboxylic acids is 2. The summed E-state index contributed by atoms with van der Waals surface area (Å²) in [6.45, 7) is -0.140. The molecule has 45 heavy (non-hydrogen) atoms. The highest BCUT2D eigenvalue weighted by atomic mass is 35.5. The van der Waals surface area contributed by atoms with Crippen LogP contribution in [0.4, 0.5) is 32.0 Å². The van der Waals surface area contributed by atoms with E-state index in [-0.39, 0.29) is 24.9 Å². The molecule has 2 aromatic carbocycles. The molecule has 0 unspecified atom stereocenters. The van der Waals surface area contributed by atoms with Crippen molar-refractivity contribution in [2.45, 2.75) is 50.1 Å². The van der Waals surface area contributed by atoms with Crippen molar-refractivity contribution in [3.8, 4) is 5.75 Å². The van der Waals surface area contributed by atoms with Crippen LogP contribution in [-0.4, -0.2) is 86.0 Å². The molecule has 2 fully saturated rings. The predicted molar refractivity (Wildman–Crippen MR) is 156 cm³/mol. The molecule has 7 nitrogen and oxygen atoms in total. The zero-order chi connectivity index (χ0) is 33.2. The topological polar surface area (TPSA) is 73.3 Å². The van der Waals surface area contributed by atoms with Crippen LogP contribution in [0.1, 0.15) is 48.0 Å². The number of ether oxygens (including phenoxy) is 1. The fourth-order valence-electron chi connectivity index (χ4n) is 6.00. The van der Waals surface area contributed by atoms with E-state index in [4.69, 9.17) is 11.6 Å². The van der Waals surface area contributed by atoms with E-state index in [1.807, 2.05) is 6.07 Å². The second-order valence-electron chi connectivity index (χ2n) is 11.9. The van der Waals surface area contributed by atoms with E-state index in [9.17, 15) is 41.0 Å². The highest BCUT2D eigenvalue weighted by Gasteiger charge is 2.62. The number of anilines is 1. The molecule has 1 atom stereocenters. The lowest BCUT2D eigenvalue weighted by atomic mass is 9.82. The van der Waals surface area contributed by atoms with Crippen molar-refractivity contribution in [2.24, 2.45) is 11.8 Å². The van der Waals surface area contributed by atoms with Crippen molar-refractivity contribution in [1.29, 1.82) is 0 Å². The Morgan fingerprint density at radius 3 is 2.07 bits per heavy atom. The minimum atomic E-state index is -5.43. The Morgan fingerprint density at radius 2 is 1.53 bits per heavy atom. The molecule has 0 saturated carbocycles. The molecule has 2 heterocycles. The zero-order valence-corrected chi connectivity index (χ0v) is 25.7. The third-order valence-corrected chi connectivity index (χ3v) is 8.82. The maximum absolute atomic E-state index is 14.2. The standard InChI is InChI=1S/C31H36ClF6N3O4/c1-39(2)27(42)25-7-6-23(18-26(25)32)40-12-8-20(9-13-40)16-21-10-14-41(15-11-21)28(43)30(44,31(36,37)38)22-4-3-5-24(17-22)45-19-29(33,34)35/h3-7,17-18,20-21,44H,8-16,19H2,1-2H3/t30-/m1/s1. The van der Waals surface area contributed by atoms with Crippen molar-refractivity contribution in [3.63, 3.8) is 0 Å². The van der Waals surface area contributed by atoms with Gasteiger partial charge in [-0.25, -0.2) is 0 Å². The van der Waals surface area contributed by atoms with Gasteiger partial charge >= 0.3 is 12.4 Å². The molecular weight excluding hydrogens is 628 g/mol. The fourth-order valence-corrected chi connectivity index (χ4v) is 6.25. The number of aliphatic hydroxyl groups is 1. The Bertz CT molecular complexity index is 1360. The summed E-state index contributed by atoms with van der Waals surface area (Å²) >= 11 is 6.38. The van der Waals surface area contributed by atoms with Crippen molar-refractivity contribution in [1.82, 2.24) is 9.80 Å². The maximum atomic E-state index is 14.2. The summed E-state index contributed by atoms with van der Waals surface area (Å²) in [7, 11) is 3.32. The van der Waals surface area contributed by atoms with Crippen LogP contribution >= 0.6 is 11.6 Å².